The molecular formula is C46H84N4O12. The molecule has 0 heterocycles. The number of rotatable bonds is 23. The highest BCUT2D eigenvalue weighted by atomic mass is 16.6. The van der Waals surface area contributed by atoms with Crippen molar-refractivity contribution in [1.29, 1.82) is 0 Å². The molecule has 1 amide bonds. The van der Waals surface area contributed by atoms with Crippen LogP contribution in [0.2, 0.25) is 0 Å². The van der Waals surface area contributed by atoms with Crippen LogP contribution in [-0.4, -0.2) is 150 Å². The minimum Gasteiger partial charge on any atom is -0.459 e. The molecule has 1 atom stereocenters. The lowest BCUT2D eigenvalue weighted by molar-refractivity contribution is -0.164. The summed E-state index contributed by atoms with van der Waals surface area (Å²) in [4.78, 5) is 84.3. The van der Waals surface area contributed by atoms with Crippen LogP contribution in [0.15, 0.2) is 0 Å². The Kier molecular flexibility index (Phi) is 23.4. The van der Waals surface area contributed by atoms with Crippen LogP contribution < -0.4 is 5.32 Å². The fourth-order valence-corrected chi connectivity index (χ4v) is 6.69. The summed E-state index contributed by atoms with van der Waals surface area (Å²) in [5.41, 5.74) is -3.90. The summed E-state index contributed by atoms with van der Waals surface area (Å²) >= 11 is 0. The Morgan fingerprint density at radius 3 is 1.24 bits per heavy atom. The zero-order valence-electron chi connectivity index (χ0n) is 41.1. The summed E-state index contributed by atoms with van der Waals surface area (Å²) in [6.45, 7) is 26.8. The molecule has 0 bridgehead atoms. The molecule has 16 nitrogen and oxygen atoms in total. The van der Waals surface area contributed by atoms with Crippen molar-refractivity contribution < 1.29 is 57.2 Å². The Labute approximate surface area is 373 Å². The molecule has 1 N–H and O–H groups in total. The third kappa shape index (κ3) is 29.7. The van der Waals surface area contributed by atoms with E-state index < -0.39 is 70.0 Å². The van der Waals surface area contributed by atoms with Crippen LogP contribution in [0.1, 0.15) is 155 Å². The highest BCUT2D eigenvalue weighted by Crippen LogP contribution is 2.24. The van der Waals surface area contributed by atoms with E-state index in [4.69, 9.17) is 28.4 Å². The third-order valence-electron chi connectivity index (χ3n) is 8.97. The molecule has 0 spiro atoms. The topological polar surface area (TPSA) is 180 Å². The number of amides is 1. The molecule has 1 fully saturated rings. The number of hydrogen-bond donors (Lipinski definition) is 1. The fraction of sp³-hybridized carbons (Fsp3) is 0.870. The standard InChI is InChI=1S/C46H84N4O12/c1-42(2,3)58-36(51)29-48(30-37(52)59-43(4,5)6)25-27-50(28-26-49(31-38(53)60-44(7,8)9)32-39(54)61-45(10,11)12)35(40(55)62-46(13,14)15)23-19-20-24-47-41(56)57-33-34-21-17-16-18-22-34/h34-35H,16-33H2,1-15H3,(H,47,56)/t35-/m0/s1. The van der Waals surface area contributed by atoms with Crippen LogP contribution in [0, 0.1) is 5.92 Å². The molecule has 0 aromatic heterocycles. The smallest absolute Gasteiger partial charge is 0.407 e. The van der Waals surface area contributed by atoms with Crippen LogP contribution in [0.5, 0.6) is 0 Å². The van der Waals surface area contributed by atoms with E-state index in [2.05, 4.69) is 5.32 Å². The predicted molar refractivity (Wildman–Crippen MR) is 237 cm³/mol. The van der Waals surface area contributed by atoms with Crippen LogP contribution >= 0.6 is 0 Å². The van der Waals surface area contributed by atoms with Crippen LogP contribution in [-0.2, 0) is 52.4 Å². The molecule has 0 aromatic rings. The second-order valence-electron chi connectivity index (χ2n) is 21.4. The van der Waals surface area contributed by atoms with E-state index in [1.165, 1.54) is 6.42 Å². The average Bonchev–Trinajstić information content (AvgIpc) is 3.05. The molecule has 0 radical (unpaired) electrons. The molecule has 1 aliphatic carbocycles. The lowest BCUT2D eigenvalue weighted by Crippen LogP contribution is -2.51. The Morgan fingerprint density at radius 1 is 0.516 bits per heavy atom. The molecule has 360 valence electrons. The van der Waals surface area contributed by atoms with Gasteiger partial charge in [-0.2, -0.15) is 0 Å². The Hall–Kier alpha value is -3.50. The predicted octanol–water partition coefficient (Wildman–Crippen LogP) is 6.45. The number of carbonyl (C=O) groups is 6. The van der Waals surface area contributed by atoms with Gasteiger partial charge in [-0.25, -0.2) is 4.79 Å². The Balaban J connectivity index is 3.49. The highest BCUT2D eigenvalue weighted by molar-refractivity contribution is 5.77. The van der Waals surface area contributed by atoms with Crippen molar-refractivity contribution in [3.63, 3.8) is 0 Å². The Bertz CT molecular complexity index is 1280. The van der Waals surface area contributed by atoms with Gasteiger partial charge in [-0.3, -0.25) is 38.7 Å². The second-order valence-corrected chi connectivity index (χ2v) is 21.4. The van der Waals surface area contributed by atoms with Gasteiger partial charge >= 0.3 is 35.9 Å². The third-order valence-corrected chi connectivity index (χ3v) is 8.97. The van der Waals surface area contributed by atoms with Crippen LogP contribution in [0.4, 0.5) is 4.79 Å². The van der Waals surface area contributed by atoms with Gasteiger partial charge in [0.2, 0.25) is 0 Å². The minimum atomic E-state index is -0.831. The van der Waals surface area contributed by atoms with Crippen molar-refractivity contribution in [1.82, 2.24) is 20.0 Å². The first-order valence-corrected chi connectivity index (χ1v) is 22.5. The van der Waals surface area contributed by atoms with E-state index in [1.54, 1.807) is 114 Å². The van der Waals surface area contributed by atoms with Crippen molar-refractivity contribution in [2.24, 2.45) is 5.92 Å². The number of alkyl carbamates (subject to hydrolysis) is 1. The van der Waals surface area contributed by atoms with Crippen molar-refractivity contribution in [3.8, 4) is 0 Å². The van der Waals surface area contributed by atoms with Gasteiger partial charge in [0.15, 0.2) is 0 Å². The first-order valence-electron chi connectivity index (χ1n) is 22.5. The number of nitrogens with zero attached hydrogens (tertiary/aromatic N) is 3. The van der Waals surface area contributed by atoms with Crippen molar-refractivity contribution >= 4 is 35.9 Å². The lowest BCUT2D eigenvalue weighted by Gasteiger charge is -2.35. The quantitative estimate of drug-likeness (QED) is 0.0672. The minimum absolute atomic E-state index is 0.129. The van der Waals surface area contributed by atoms with Gasteiger partial charge in [0.25, 0.3) is 0 Å². The molecule has 0 unspecified atom stereocenters. The van der Waals surface area contributed by atoms with Gasteiger partial charge in [-0.15, -0.1) is 0 Å². The van der Waals surface area contributed by atoms with E-state index >= 15 is 0 Å². The maximum absolute atomic E-state index is 14.2. The van der Waals surface area contributed by atoms with Gasteiger partial charge in [-0.05, 0) is 142 Å². The van der Waals surface area contributed by atoms with Gasteiger partial charge in [-0.1, -0.05) is 19.3 Å². The summed E-state index contributed by atoms with van der Waals surface area (Å²) in [6, 6.07) is -0.831. The average molecular weight is 885 g/mol. The van der Waals surface area contributed by atoms with Gasteiger partial charge < -0.3 is 33.7 Å². The molecule has 1 saturated carbocycles. The summed E-state index contributed by atoms with van der Waals surface area (Å²) in [7, 11) is 0. The highest BCUT2D eigenvalue weighted by Gasteiger charge is 2.33. The van der Waals surface area contributed by atoms with Gasteiger partial charge in [0.1, 0.15) is 34.0 Å². The number of nitrogens with one attached hydrogen (secondary N) is 1. The maximum atomic E-state index is 14.2. The number of ether oxygens (including phenoxy) is 6. The monoisotopic (exact) mass is 885 g/mol. The van der Waals surface area contributed by atoms with Gasteiger partial charge in [0.05, 0.1) is 32.8 Å². The zero-order chi connectivity index (χ0) is 47.5. The summed E-state index contributed by atoms with van der Waals surface area (Å²) < 4.78 is 33.9. The van der Waals surface area contributed by atoms with E-state index in [-0.39, 0.29) is 52.4 Å². The Morgan fingerprint density at radius 2 is 0.887 bits per heavy atom. The van der Waals surface area contributed by atoms with E-state index in [0.717, 1.165) is 25.7 Å². The molecule has 62 heavy (non-hydrogen) atoms. The second kappa shape index (κ2) is 25.7. The summed E-state index contributed by atoms with van der Waals surface area (Å²) in [6.07, 6.45) is 6.57. The summed E-state index contributed by atoms with van der Waals surface area (Å²) in [5, 5.41) is 2.83. The zero-order valence-corrected chi connectivity index (χ0v) is 41.1. The SMILES string of the molecule is CC(C)(C)OC(=O)CN(CCN(CCN(CC(=O)OC(C)(C)C)CC(=O)OC(C)(C)C)[C@@H](CCCCNC(=O)OCC1CCCCC1)C(=O)OC(C)(C)C)CC(=O)OC(C)(C)C. The maximum Gasteiger partial charge on any atom is 0.407 e. The molecule has 16 heteroatoms. The van der Waals surface area contributed by atoms with Crippen LogP contribution in [0.3, 0.4) is 0 Å². The largest absolute Gasteiger partial charge is 0.459 e. The number of esters is 5. The number of unbranched alkanes of at least 4 members (excludes halogenated alkanes) is 1. The van der Waals surface area contributed by atoms with Crippen LogP contribution in [0.25, 0.3) is 0 Å². The first kappa shape index (κ1) is 56.5. The first-order chi connectivity index (χ1) is 28.3. The molecule has 0 aromatic carbocycles. The molecule has 1 rings (SSSR count). The molecule has 0 saturated heterocycles. The molecule has 0 aliphatic heterocycles. The molecular weight excluding hydrogens is 801 g/mol. The number of hydrogen-bond acceptors (Lipinski definition) is 15. The van der Waals surface area contributed by atoms with E-state index in [9.17, 15) is 28.8 Å². The lowest BCUT2D eigenvalue weighted by atomic mass is 9.90. The van der Waals surface area contributed by atoms with Crippen molar-refractivity contribution in [2.75, 3.05) is 65.5 Å². The number of carbonyl (C=O) groups excluding carboxylic acids is 6. The fourth-order valence-electron chi connectivity index (χ4n) is 6.69. The van der Waals surface area contributed by atoms with E-state index in [1.807, 2.05) is 4.90 Å². The van der Waals surface area contributed by atoms with E-state index in [0.29, 0.717) is 38.3 Å². The van der Waals surface area contributed by atoms with Crippen molar-refractivity contribution in [3.05, 3.63) is 0 Å². The normalized spacial score (nSPS) is 14.9. The van der Waals surface area contributed by atoms with Gasteiger partial charge in [0, 0.05) is 32.7 Å². The summed E-state index contributed by atoms with van der Waals surface area (Å²) in [5.74, 6) is -2.26. The van der Waals surface area contributed by atoms with Crippen molar-refractivity contribution in [2.45, 2.75) is 189 Å². The molecule has 1 aliphatic rings.